The van der Waals surface area contributed by atoms with Crippen LogP contribution in [0.2, 0.25) is 0 Å². The maximum Gasteiger partial charge on any atom is 0.325 e. The van der Waals surface area contributed by atoms with Gasteiger partial charge in [-0.2, -0.15) is 0 Å². The first-order chi connectivity index (χ1) is 6.72. The van der Waals surface area contributed by atoms with Gasteiger partial charge in [0.15, 0.2) is 9.84 Å². The zero-order valence-electron chi connectivity index (χ0n) is 7.45. The summed E-state index contributed by atoms with van der Waals surface area (Å²) in [6.07, 6.45) is 0. The second-order valence-corrected chi connectivity index (χ2v) is 6.17. The molecule has 2 fully saturated rings. The zero-order chi connectivity index (χ0) is 11.6. The van der Waals surface area contributed by atoms with E-state index in [4.69, 9.17) is 15.9 Å². The fourth-order valence-corrected chi connectivity index (χ4v) is 5.04. The topological polar surface area (TPSA) is 135 Å². The minimum Gasteiger partial charge on any atom is -0.481 e. The Morgan fingerprint density at radius 2 is 1.87 bits per heavy atom. The first kappa shape index (κ1) is 10.4. The molecule has 0 aromatic heterocycles. The largest absolute Gasteiger partial charge is 0.481 e. The third-order valence-electron chi connectivity index (χ3n) is 3.09. The third kappa shape index (κ3) is 1.11. The van der Waals surface area contributed by atoms with E-state index < -0.39 is 50.2 Å². The van der Waals surface area contributed by atoms with E-state index in [1.807, 2.05) is 0 Å². The van der Waals surface area contributed by atoms with E-state index in [0.29, 0.717) is 0 Å². The normalized spacial score (nSPS) is 45.8. The van der Waals surface area contributed by atoms with Crippen molar-refractivity contribution in [2.45, 2.75) is 10.8 Å². The average Bonchev–Trinajstić information content (AvgIpc) is 2.72. The highest BCUT2D eigenvalue weighted by atomic mass is 32.2. The number of carboxylic acids is 2. The average molecular weight is 235 g/mol. The van der Waals surface area contributed by atoms with Crippen molar-refractivity contribution < 1.29 is 28.2 Å². The van der Waals surface area contributed by atoms with E-state index in [2.05, 4.69) is 0 Å². The van der Waals surface area contributed by atoms with Gasteiger partial charge in [0.2, 0.25) is 0 Å². The van der Waals surface area contributed by atoms with E-state index in [0.717, 1.165) is 0 Å². The number of hydrogen-bond donors (Lipinski definition) is 3. The lowest BCUT2D eigenvalue weighted by molar-refractivity contribution is -0.144. The highest BCUT2D eigenvalue weighted by Gasteiger charge is 2.77. The maximum atomic E-state index is 11.4. The van der Waals surface area contributed by atoms with Crippen molar-refractivity contribution in [3.8, 4) is 0 Å². The van der Waals surface area contributed by atoms with Crippen LogP contribution < -0.4 is 5.73 Å². The standard InChI is InChI=1S/C7H9NO6S/c8-7(6(11)12)1-15(13,14)4-2(3(4)7)5(9)10/h2-4H,1,8H2,(H,9,10)(H,11,12)/t2-,3-,4+,7+/m1/s1. The Morgan fingerprint density at radius 1 is 1.33 bits per heavy atom. The number of aliphatic carboxylic acids is 2. The third-order valence-corrected chi connectivity index (χ3v) is 5.38. The Hall–Kier alpha value is -1.15. The number of nitrogens with two attached hydrogens (primary N) is 1. The molecule has 2 aliphatic rings. The highest BCUT2D eigenvalue weighted by Crippen LogP contribution is 2.56. The molecule has 0 amide bonds. The molecule has 1 aliphatic carbocycles. The second kappa shape index (κ2) is 2.50. The van der Waals surface area contributed by atoms with Crippen molar-refractivity contribution in [1.82, 2.24) is 0 Å². The zero-order valence-corrected chi connectivity index (χ0v) is 8.27. The Bertz CT molecular complexity index is 456. The van der Waals surface area contributed by atoms with Crippen LogP contribution >= 0.6 is 0 Å². The van der Waals surface area contributed by atoms with E-state index in [1.165, 1.54) is 0 Å². The molecule has 4 N–H and O–H groups in total. The molecule has 0 aromatic carbocycles. The molecule has 0 aromatic rings. The van der Waals surface area contributed by atoms with Crippen LogP contribution in [-0.2, 0) is 19.4 Å². The van der Waals surface area contributed by atoms with Crippen molar-refractivity contribution >= 4 is 21.8 Å². The van der Waals surface area contributed by atoms with Crippen molar-refractivity contribution in [2.24, 2.45) is 17.6 Å². The molecule has 0 unspecified atom stereocenters. The Morgan fingerprint density at radius 3 is 2.20 bits per heavy atom. The Kier molecular flexibility index (Phi) is 1.73. The molecule has 1 saturated carbocycles. The number of hydrogen-bond acceptors (Lipinski definition) is 5. The first-order valence-corrected chi connectivity index (χ1v) is 5.90. The SMILES string of the molecule is N[C@@]1(C(=O)O)CS(=O)(=O)[C@H]2[C@H](C(=O)O)[C@H]21. The van der Waals surface area contributed by atoms with Gasteiger partial charge in [-0.05, 0) is 0 Å². The minimum absolute atomic E-state index is 0.672. The molecular weight excluding hydrogens is 226 g/mol. The summed E-state index contributed by atoms with van der Waals surface area (Å²) < 4.78 is 22.9. The Labute approximate surface area is 84.8 Å². The monoisotopic (exact) mass is 235 g/mol. The molecule has 2 rings (SSSR count). The number of rotatable bonds is 2. The van der Waals surface area contributed by atoms with Crippen LogP contribution in [0.4, 0.5) is 0 Å². The van der Waals surface area contributed by atoms with Crippen LogP contribution in [0.5, 0.6) is 0 Å². The van der Waals surface area contributed by atoms with E-state index in [1.54, 1.807) is 0 Å². The molecule has 7 nitrogen and oxygen atoms in total. The van der Waals surface area contributed by atoms with Gasteiger partial charge in [-0.3, -0.25) is 9.59 Å². The van der Waals surface area contributed by atoms with Crippen LogP contribution in [0.1, 0.15) is 0 Å². The van der Waals surface area contributed by atoms with Gasteiger partial charge in [0.25, 0.3) is 0 Å². The Balaban J connectivity index is 2.44. The summed E-state index contributed by atoms with van der Waals surface area (Å²) in [5, 5.41) is 16.4. The molecule has 0 spiro atoms. The smallest absolute Gasteiger partial charge is 0.325 e. The van der Waals surface area contributed by atoms with Gasteiger partial charge in [-0.25, -0.2) is 8.42 Å². The van der Waals surface area contributed by atoms with Crippen LogP contribution in [-0.4, -0.2) is 47.1 Å². The summed E-state index contributed by atoms with van der Waals surface area (Å²) >= 11 is 0. The molecular formula is C7H9NO6S. The van der Waals surface area contributed by atoms with Gasteiger partial charge < -0.3 is 15.9 Å². The van der Waals surface area contributed by atoms with Gasteiger partial charge in [0.05, 0.1) is 16.9 Å². The number of carboxylic acid groups (broad SMARTS) is 2. The molecule has 1 heterocycles. The van der Waals surface area contributed by atoms with Crippen molar-refractivity contribution in [2.75, 3.05) is 5.75 Å². The molecule has 15 heavy (non-hydrogen) atoms. The van der Waals surface area contributed by atoms with Gasteiger partial charge in [-0.1, -0.05) is 0 Å². The van der Waals surface area contributed by atoms with E-state index >= 15 is 0 Å². The number of fused-ring (bicyclic) bond motifs is 1. The highest BCUT2D eigenvalue weighted by molar-refractivity contribution is 7.92. The first-order valence-electron chi connectivity index (χ1n) is 4.18. The maximum absolute atomic E-state index is 11.4. The van der Waals surface area contributed by atoms with Gasteiger partial charge >= 0.3 is 11.9 Å². The van der Waals surface area contributed by atoms with Gasteiger partial charge in [0, 0.05) is 5.92 Å². The number of sulfone groups is 1. The van der Waals surface area contributed by atoms with Crippen LogP contribution in [0.15, 0.2) is 0 Å². The fraction of sp³-hybridized carbons (Fsp3) is 0.714. The van der Waals surface area contributed by atoms with Gasteiger partial charge in [-0.15, -0.1) is 0 Å². The fourth-order valence-electron chi connectivity index (χ4n) is 2.37. The predicted molar refractivity (Wildman–Crippen MR) is 46.7 cm³/mol. The van der Waals surface area contributed by atoms with Crippen LogP contribution in [0.3, 0.4) is 0 Å². The molecule has 1 saturated heterocycles. The summed E-state index contributed by atoms with van der Waals surface area (Å²) in [5.41, 5.74) is 3.51. The molecule has 0 radical (unpaired) electrons. The van der Waals surface area contributed by atoms with Crippen LogP contribution in [0, 0.1) is 11.8 Å². The minimum atomic E-state index is -3.68. The summed E-state index contributed by atoms with van der Waals surface area (Å²) in [6.45, 7) is 0. The van der Waals surface area contributed by atoms with E-state index in [-0.39, 0.29) is 0 Å². The lowest BCUT2D eigenvalue weighted by Crippen LogP contribution is -2.53. The number of carbonyl (C=O) groups is 2. The lowest BCUT2D eigenvalue weighted by Gasteiger charge is -2.19. The molecule has 1 aliphatic heterocycles. The van der Waals surface area contributed by atoms with Crippen molar-refractivity contribution in [1.29, 1.82) is 0 Å². The summed E-state index contributed by atoms with van der Waals surface area (Å²) in [5.74, 6) is -5.58. The van der Waals surface area contributed by atoms with Crippen molar-refractivity contribution in [3.63, 3.8) is 0 Å². The molecule has 4 atom stereocenters. The molecule has 0 bridgehead atoms. The predicted octanol–water partition coefficient (Wildman–Crippen LogP) is -2.10. The lowest BCUT2D eigenvalue weighted by atomic mass is 9.96. The molecule has 8 heteroatoms. The van der Waals surface area contributed by atoms with E-state index in [9.17, 15) is 18.0 Å². The summed E-state index contributed by atoms with van der Waals surface area (Å²) in [7, 11) is -3.68. The van der Waals surface area contributed by atoms with Crippen LogP contribution in [0.25, 0.3) is 0 Å². The van der Waals surface area contributed by atoms with Crippen molar-refractivity contribution in [3.05, 3.63) is 0 Å². The summed E-state index contributed by atoms with van der Waals surface area (Å²) in [4.78, 5) is 21.5. The van der Waals surface area contributed by atoms with Gasteiger partial charge in [0.1, 0.15) is 5.54 Å². The molecule has 84 valence electrons. The summed E-state index contributed by atoms with van der Waals surface area (Å²) in [6, 6.07) is 0. The quantitative estimate of drug-likeness (QED) is 0.498. The second-order valence-electron chi connectivity index (χ2n) is 4.01.